The number of hydrogen-bond acceptors (Lipinski definition) is 10. The molecule has 13 heteroatoms. The van der Waals surface area contributed by atoms with Crippen LogP contribution in [0.4, 0.5) is 10.7 Å². The molecule has 12 nitrogen and oxygen atoms in total. The molecule has 0 aliphatic rings. The molecule has 1 aromatic carbocycles. The van der Waals surface area contributed by atoms with E-state index < -0.39 is 32.8 Å². The number of aromatic hydroxyl groups is 2. The van der Waals surface area contributed by atoms with Crippen molar-refractivity contribution < 1.29 is 29.3 Å². The van der Waals surface area contributed by atoms with Gasteiger partial charge in [0.1, 0.15) is 12.0 Å². The van der Waals surface area contributed by atoms with Crippen molar-refractivity contribution >= 4 is 27.8 Å². The first-order chi connectivity index (χ1) is 15.2. The molecule has 0 aliphatic heterocycles. The molecule has 3 heterocycles. The van der Waals surface area contributed by atoms with E-state index in [0.717, 1.165) is 16.8 Å². The summed E-state index contributed by atoms with van der Waals surface area (Å²) in [5.41, 5.74) is -0.784. The highest BCUT2D eigenvalue weighted by molar-refractivity contribution is 7.17. The predicted octanol–water partition coefficient (Wildman–Crippen LogP) is 3.96. The van der Waals surface area contributed by atoms with Crippen molar-refractivity contribution in [3.8, 4) is 28.0 Å². The first-order valence-electron chi connectivity index (χ1n) is 8.82. The van der Waals surface area contributed by atoms with Gasteiger partial charge in [-0.3, -0.25) is 29.6 Å². The Labute approximate surface area is 181 Å². The van der Waals surface area contributed by atoms with Crippen molar-refractivity contribution in [2.45, 2.75) is 6.92 Å². The number of non-ortho nitro benzene ring substituents is 1. The van der Waals surface area contributed by atoms with E-state index >= 15 is 0 Å². The van der Waals surface area contributed by atoms with Crippen molar-refractivity contribution in [1.29, 1.82) is 0 Å². The van der Waals surface area contributed by atoms with Gasteiger partial charge in [-0.15, -0.1) is 0 Å². The molecule has 0 radical (unpaired) electrons. The third-order valence-corrected chi connectivity index (χ3v) is 5.43. The first-order valence-corrected chi connectivity index (χ1v) is 9.64. The van der Waals surface area contributed by atoms with Gasteiger partial charge in [0.2, 0.25) is 16.8 Å². The lowest BCUT2D eigenvalue weighted by molar-refractivity contribution is -0.384. The number of carbonyl (C=O) groups is 1. The number of rotatable bonds is 6. The summed E-state index contributed by atoms with van der Waals surface area (Å²) >= 11 is 0.574. The lowest BCUT2D eigenvalue weighted by atomic mass is 10.0. The second kappa shape index (κ2) is 7.63. The van der Waals surface area contributed by atoms with E-state index in [1.54, 1.807) is 6.92 Å². The zero-order chi connectivity index (χ0) is 23.2. The Hall–Kier alpha value is -4.52. The molecule has 0 atom stereocenters. The van der Waals surface area contributed by atoms with Crippen LogP contribution >= 0.6 is 11.3 Å². The number of ketones is 1. The summed E-state index contributed by atoms with van der Waals surface area (Å²) in [7, 11) is 0. The fourth-order valence-corrected chi connectivity index (χ4v) is 3.85. The topological polar surface area (TPSA) is 175 Å². The minimum absolute atomic E-state index is 0.0827. The van der Waals surface area contributed by atoms with Gasteiger partial charge in [0, 0.05) is 17.7 Å². The molecular weight excluding hydrogens is 444 g/mol. The van der Waals surface area contributed by atoms with E-state index in [2.05, 4.69) is 4.98 Å². The molecule has 0 spiro atoms. The molecule has 32 heavy (non-hydrogen) atoms. The van der Waals surface area contributed by atoms with Crippen molar-refractivity contribution in [2.75, 3.05) is 0 Å². The van der Waals surface area contributed by atoms with Crippen LogP contribution in [0.1, 0.15) is 21.9 Å². The number of furan rings is 1. The summed E-state index contributed by atoms with van der Waals surface area (Å²) in [6.45, 7) is 1.61. The molecule has 0 bridgehead atoms. The van der Waals surface area contributed by atoms with Gasteiger partial charge in [0.25, 0.3) is 5.69 Å². The third kappa shape index (κ3) is 3.35. The van der Waals surface area contributed by atoms with Crippen molar-refractivity contribution in [1.82, 2.24) is 9.55 Å². The van der Waals surface area contributed by atoms with E-state index in [-0.39, 0.29) is 32.8 Å². The fraction of sp³-hybridized carbons (Fsp3) is 0.0526. The Morgan fingerprint density at radius 3 is 2.50 bits per heavy atom. The molecule has 0 saturated heterocycles. The molecule has 2 N–H and O–H groups in total. The van der Waals surface area contributed by atoms with Crippen LogP contribution in [0.5, 0.6) is 11.6 Å². The number of aromatic nitrogens is 2. The average Bonchev–Trinajstić information content (AvgIpc) is 3.47. The van der Waals surface area contributed by atoms with Gasteiger partial charge in [0.15, 0.2) is 11.5 Å². The number of thiazole rings is 1. The van der Waals surface area contributed by atoms with Gasteiger partial charge in [-0.05, 0) is 30.4 Å². The van der Waals surface area contributed by atoms with E-state index in [1.165, 1.54) is 30.3 Å². The molecule has 3 aromatic heterocycles. The van der Waals surface area contributed by atoms with Crippen molar-refractivity contribution in [3.63, 3.8) is 0 Å². The smallest absolute Gasteiger partial charge is 0.345 e. The van der Waals surface area contributed by atoms with E-state index in [0.29, 0.717) is 17.1 Å². The lowest BCUT2D eigenvalue weighted by Crippen LogP contribution is -2.04. The maximum absolute atomic E-state index is 13.2. The van der Waals surface area contributed by atoms with Crippen LogP contribution in [0.25, 0.3) is 16.4 Å². The van der Waals surface area contributed by atoms with Crippen molar-refractivity contribution in [2.24, 2.45) is 0 Å². The summed E-state index contributed by atoms with van der Waals surface area (Å²) in [5, 5.41) is 43.1. The maximum atomic E-state index is 13.2. The molecule has 0 amide bonds. The van der Waals surface area contributed by atoms with Crippen LogP contribution in [0.2, 0.25) is 0 Å². The van der Waals surface area contributed by atoms with E-state index in [9.17, 15) is 35.2 Å². The van der Waals surface area contributed by atoms with Crippen LogP contribution in [-0.4, -0.2) is 35.4 Å². The molecule has 4 aromatic rings. The molecule has 0 aliphatic carbocycles. The van der Waals surface area contributed by atoms with Crippen LogP contribution < -0.4 is 0 Å². The van der Waals surface area contributed by atoms with Crippen LogP contribution in [0.15, 0.2) is 47.0 Å². The van der Waals surface area contributed by atoms with Gasteiger partial charge in [-0.25, -0.2) is 4.98 Å². The van der Waals surface area contributed by atoms with E-state index in [4.69, 9.17) is 4.42 Å². The average molecular weight is 456 g/mol. The summed E-state index contributed by atoms with van der Waals surface area (Å²) in [6.07, 6.45) is 0.949. The second-order valence-electron chi connectivity index (χ2n) is 6.52. The number of aryl methyl sites for hydroxylation is 1. The Bertz CT molecular complexity index is 1400. The molecule has 0 saturated carbocycles. The molecule has 4 rings (SSSR count). The number of nitrogens with zero attached hydrogens (tertiary/aromatic N) is 4. The third-order valence-electron chi connectivity index (χ3n) is 4.49. The first kappa shape index (κ1) is 20.7. The van der Waals surface area contributed by atoms with Crippen LogP contribution in [-0.2, 0) is 0 Å². The Balaban J connectivity index is 2.04. The van der Waals surface area contributed by atoms with Crippen LogP contribution in [0, 0.1) is 27.2 Å². The van der Waals surface area contributed by atoms with Gasteiger partial charge in [0.05, 0.1) is 21.1 Å². The number of carbonyl (C=O) groups excluding carboxylic acids is 1. The minimum atomic E-state index is -0.830. The van der Waals surface area contributed by atoms with Crippen LogP contribution in [0.3, 0.4) is 0 Å². The Morgan fingerprint density at radius 2 is 1.91 bits per heavy atom. The highest BCUT2D eigenvalue weighted by Gasteiger charge is 2.33. The number of nitro groups is 2. The monoisotopic (exact) mass is 456 g/mol. The Morgan fingerprint density at radius 1 is 1.16 bits per heavy atom. The maximum Gasteiger partial charge on any atom is 0.345 e. The zero-order valence-electron chi connectivity index (χ0n) is 16.1. The molecule has 0 unspecified atom stereocenters. The minimum Gasteiger partial charge on any atom is -0.503 e. The number of nitro benzene ring substituents is 1. The largest absolute Gasteiger partial charge is 0.503 e. The van der Waals surface area contributed by atoms with Gasteiger partial charge < -0.3 is 14.6 Å². The highest BCUT2D eigenvalue weighted by Crippen LogP contribution is 2.45. The quantitative estimate of drug-likeness (QED) is 0.247. The molecule has 162 valence electrons. The zero-order valence-corrected chi connectivity index (χ0v) is 16.9. The second-order valence-corrected chi connectivity index (χ2v) is 7.50. The summed E-state index contributed by atoms with van der Waals surface area (Å²) in [4.78, 5) is 38.1. The van der Waals surface area contributed by atoms with Gasteiger partial charge >= 0.3 is 5.00 Å². The number of benzene rings is 1. The fourth-order valence-electron chi connectivity index (χ4n) is 3.11. The molecule has 0 fully saturated rings. The summed E-state index contributed by atoms with van der Waals surface area (Å²) < 4.78 is 6.26. The summed E-state index contributed by atoms with van der Waals surface area (Å²) in [5.74, 6) is -2.18. The SMILES string of the molecule is Cc1ccc(C(=O)c2c(O)c(O)n(-c3ncc([N+](=O)[O-])s3)c2-c2cccc([N+](=O)[O-])c2)o1. The standard InChI is InChI=1S/C19H12N4O8S/c1-9-5-6-12(31-9)16(24)14-15(10-3-2-4-11(7-10)22(27)28)21(18(26)17(14)25)19-20-8-13(32-19)23(29)30/h2-8,25-26H,1H3. The van der Waals surface area contributed by atoms with Crippen molar-refractivity contribution in [3.05, 3.63) is 79.9 Å². The van der Waals surface area contributed by atoms with E-state index in [1.807, 2.05) is 0 Å². The normalized spacial score (nSPS) is 10.9. The molecular formula is C19H12N4O8S. The van der Waals surface area contributed by atoms with Gasteiger partial charge in [-0.1, -0.05) is 12.1 Å². The summed E-state index contributed by atoms with van der Waals surface area (Å²) in [6, 6.07) is 8.03. The Kier molecular flexibility index (Phi) is 4.94. The number of hydrogen-bond donors (Lipinski definition) is 2. The van der Waals surface area contributed by atoms with Gasteiger partial charge in [-0.2, -0.15) is 0 Å². The predicted molar refractivity (Wildman–Crippen MR) is 110 cm³/mol. The lowest BCUT2D eigenvalue weighted by Gasteiger charge is -2.08. The highest BCUT2D eigenvalue weighted by atomic mass is 32.1.